The molecule has 0 aliphatic carbocycles. The Labute approximate surface area is 168 Å². The van der Waals surface area contributed by atoms with Crippen LogP contribution in [0.5, 0.6) is 0 Å². The molecular formula is C22H20FN3O2S. The Hall–Kier alpha value is -3.19. The predicted molar refractivity (Wildman–Crippen MR) is 112 cm³/mol. The lowest BCUT2D eigenvalue weighted by atomic mass is 10.1. The van der Waals surface area contributed by atoms with E-state index in [1.165, 1.54) is 19.1 Å². The van der Waals surface area contributed by atoms with Crippen molar-refractivity contribution in [3.63, 3.8) is 0 Å². The summed E-state index contributed by atoms with van der Waals surface area (Å²) in [7, 11) is -3.79. The highest BCUT2D eigenvalue weighted by molar-refractivity contribution is 7.92. The Bertz CT molecular complexity index is 1250. The van der Waals surface area contributed by atoms with Gasteiger partial charge in [0.1, 0.15) is 11.6 Å². The van der Waals surface area contributed by atoms with Crippen molar-refractivity contribution in [2.75, 3.05) is 4.72 Å². The number of nitrogens with zero attached hydrogens (tertiary/aromatic N) is 1. The number of benzene rings is 3. The number of fused-ring (bicyclic) bond motifs is 1. The lowest BCUT2D eigenvalue weighted by molar-refractivity contribution is 0.598. The van der Waals surface area contributed by atoms with Crippen LogP contribution in [0, 0.1) is 12.7 Å². The molecule has 3 aromatic carbocycles. The Morgan fingerprint density at radius 3 is 2.62 bits per heavy atom. The number of para-hydroxylation sites is 2. The van der Waals surface area contributed by atoms with Crippen LogP contribution in [0.1, 0.15) is 17.0 Å². The van der Waals surface area contributed by atoms with Crippen LogP contribution < -0.4 is 4.72 Å². The van der Waals surface area contributed by atoms with Gasteiger partial charge in [0.15, 0.2) is 0 Å². The van der Waals surface area contributed by atoms with E-state index in [1.54, 1.807) is 12.1 Å². The third-order valence-corrected chi connectivity index (χ3v) is 6.09. The molecule has 0 aliphatic heterocycles. The summed E-state index contributed by atoms with van der Waals surface area (Å²) in [6.07, 6.45) is 1.42. The zero-order valence-corrected chi connectivity index (χ0v) is 16.6. The summed E-state index contributed by atoms with van der Waals surface area (Å²) < 4.78 is 41.2. The van der Waals surface area contributed by atoms with E-state index in [0.717, 1.165) is 28.5 Å². The minimum Gasteiger partial charge on any atom is -0.342 e. The fourth-order valence-corrected chi connectivity index (χ4v) is 4.31. The molecule has 1 aromatic heterocycles. The highest BCUT2D eigenvalue weighted by atomic mass is 32.2. The summed E-state index contributed by atoms with van der Waals surface area (Å²) in [5, 5.41) is 0. The van der Waals surface area contributed by atoms with E-state index < -0.39 is 15.8 Å². The molecule has 5 nitrogen and oxygen atoms in total. The molecule has 0 aliphatic rings. The highest BCUT2D eigenvalue weighted by Crippen LogP contribution is 2.20. The Morgan fingerprint density at radius 1 is 1.00 bits per heavy atom. The molecule has 29 heavy (non-hydrogen) atoms. The van der Waals surface area contributed by atoms with Gasteiger partial charge in [0.25, 0.3) is 10.0 Å². The van der Waals surface area contributed by atoms with Crippen LogP contribution in [0.4, 0.5) is 10.1 Å². The zero-order valence-electron chi connectivity index (χ0n) is 15.8. The van der Waals surface area contributed by atoms with Crippen molar-refractivity contribution in [1.29, 1.82) is 0 Å². The van der Waals surface area contributed by atoms with E-state index in [9.17, 15) is 12.8 Å². The summed E-state index contributed by atoms with van der Waals surface area (Å²) in [6.45, 7) is 1.53. The van der Waals surface area contributed by atoms with Gasteiger partial charge in [-0.3, -0.25) is 4.72 Å². The molecule has 0 saturated carbocycles. The topological polar surface area (TPSA) is 74.8 Å². The second-order valence-electron chi connectivity index (χ2n) is 6.92. The molecule has 0 unspecified atom stereocenters. The molecule has 0 bridgehead atoms. The van der Waals surface area contributed by atoms with Gasteiger partial charge < -0.3 is 4.98 Å². The smallest absolute Gasteiger partial charge is 0.261 e. The van der Waals surface area contributed by atoms with E-state index in [-0.39, 0.29) is 10.5 Å². The number of nitrogens with one attached hydrogen (secondary N) is 2. The van der Waals surface area contributed by atoms with Crippen LogP contribution in [0.25, 0.3) is 11.0 Å². The van der Waals surface area contributed by atoms with Crippen LogP contribution >= 0.6 is 0 Å². The molecule has 7 heteroatoms. The van der Waals surface area contributed by atoms with E-state index in [2.05, 4.69) is 14.7 Å². The minimum atomic E-state index is -3.79. The van der Waals surface area contributed by atoms with Gasteiger partial charge >= 0.3 is 0 Å². The van der Waals surface area contributed by atoms with E-state index in [1.807, 2.05) is 36.4 Å². The highest BCUT2D eigenvalue weighted by Gasteiger charge is 2.15. The number of sulfonamides is 1. The first-order chi connectivity index (χ1) is 13.9. The van der Waals surface area contributed by atoms with E-state index in [4.69, 9.17) is 0 Å². The van der Waals surface area contributed by atoms with Gasteiger partial charge in [-0.25, -0.2) is 17.8 Å². The Balaban J connectivity index is 1.48. The largest absolute Gasteiger partial charge is 0.342 e. The number of hydrogen-bond donors (Lipinski definition) is 2. The number of halogens is 1. The van der Waals surface area contributed by atoms with Crippen molar-refractivity contribution in [2.45, 2.75) is 24.7 Å². The molecule has 0 amide bonds. The number of aryl methyl sites for hydroxylation is 3. The van der Waals surface area contributed by atoms with Gasteiger partial charge in [-0.1, -0.05) is 24.3 Å². The molecule has 2 N–H and O–H groups in total. The van der Waals surface area contributed by atoms with E-state index >= 15 is 0 Å². The molecule has 0 saturated heterocycles. The van der Waals surface area contributed by atoms with E-state index in [0.29, 0.717) is 18.5 Å². The third kappa shape index (κ3) is 4.30. The summed E-state index contributed by atoms with van der Waals surface area (Å²) >= 11 is 0. The first kappa shape index (κ1) is 19.1. The van der Waals surface area contributed by atoms with Crippen molar-refractivity contribution in [3.8, 4) is 0 Å². The molecule has 1 heterocycles. The van der Waals surface area contributed by atoms with Crippen LogP contribution in [0.15, 0.2) is 71.6 Å². The number of anilines is 1. The number of aromatic amines is 1. The van der Waals surface area contributed by atoms with Crippen LogP contribution in [-0.2, 0) is 22.9 Å². The number of imidazole rings is 1. The summed E-state index contributed by atoms with van der Waals surface area (Å²) in [6, 6.07) is 18.8. The molecule has 4 aromatic rings. The fraction of sp³-hybridized carbons (Fsp3) is 0.136. The first-order valence-electron chi connectivity index (χ1n) is 9.22. The summed E-state index contributed by atoms with van der Waals surface area (Å²) in [5.41, 5.74) is 3.67. The van der Waals surface area contributed by atoms with Gasteiger partial charge in [0.05, 0.1) is 15.9 Å². The monoisotopic (exact) mass is 409 g/mol. The average Bonchev–Trinajstić information content (AvgIpc) is 3.11. The standard InChI is InChI=1S/C22H20FN3O2S/c1-15-13-18(10-11-19(15)23)29(27,28)26-17-6-4-5-16(14-17)9-12-22-24-20-7-2-3-8-21(20)25-22/h2-8,10-11,13-14,26H,9,12H2,1H3,(H,24,25). The molecule has 148 valence electrons. The molecular weight excluding hydrogens is 389 g/mol. The summed E-state index contributed by atoms with van der Waals surface area (Å²) in [4.78, 5) is 7.90. The molecule has 4 rings (SSSR count). The van der Waals surface area contributed by atoms with Gasteiger partial charge in [-0.05, 0) is 66.9 Å². The SMILES string of the molecule is Cc1cc(S(=O)(=O)Nc2cccc(CCc3nc4ccccc4[nH]3)c2)ccc1F. The maximum atomic E-state index is 13.4. The normalized spacial score (nSPS) is 11.7. The Morgan fingerprint density at radius 2 is 1.83 bits per heavy atom. The van der Waals surface area contributed by atoms with Crippen LogP contribution in [0.3, 0.4) is 0 Å². The predicted octanol–water partition coefficient (Wildman–Crippen LogP) is 4.60. The lowest BCUT2D eigenvalue weighted by Gasteiger charge is -2.10. The molecule has 0 radical (unpaired) electrons. The Kier molecular flexibility index (Phi) is 5.07. The zero-order chi connectivity index (χ0) is 20.4. The number of hydrogen-bond acceptors (Lipinski definition) is 3. The first-order valence-corrected chi connectivity index (χ1v) is 10.7. The van der Waals surface area contributed by atoms with Gasteiger partial charge in [0, 0.05) is 12.1 Å². The number of H-pyrrole nitrogens is 1. The molecule has 0 atom stereocenters. The third-order valence-electron chi connectivity index (χ3n) is 4.71. The minimum absolute atomic E-state index is 0.0316. The maximum Gasteiger partial charge on any atom is 0.261 e. The summed E-state index contributed by atoms with van der Waals surface area (Å²) in [5.74, 6) is 0.454. The van der Waals surface area contributed by atoms with Crippen LogP contribution in [0.2, 0.25) is 0 Å². The fourth-order valence-electron chi connectivity index (χ4n) is 3.18. The molecule has 0 spiro atoms. The number of rotatable bonds is 6. The van der Waals surface area contributed by atoms with Crippen molar-refractivity contribution in [1.82, 2.24) is 9.97 Å². The van der Waals surface area contributed by atoms with Gasteiger partial charge in [-0.15, -0.1) is 0 Å². The average molecular weight is 409 g/mol. The second-order valence-corrected chi connectivity index (χ2v) is 8.60. The van der Waals surface area contributed by atoms with Gasteiger partial charge in [-0.2, -0.15) is 0 Å². The van der Waals surface area contributed by atoms with Crippen LogP contribution in [-0.4, -0.2) is 18.4 Å². The number of aromatic nitrogens is 2. The lowest BCUT2D eigenvalue weighted by Crippen LogP contribution is -2.13. The maximum absolute atomic E-state index is 13.4. The second kappa shape index (κ2) is 7.67. The quantitative estimate of drug-likeness (QED) is 0.489. The van der Waals surface area contributed by atoms with Crippen molar-refractivity contribution >= 4 is 26.7 Å². The van der Waals surface area contributed by atoms with Crippen molar-refractivity contribution in [2.24, 2.45) is 0 Å². The van der Waals surface area contributed by atoms with Crippen molar-refractivity contribution < 1.29 is 12.8 Å². The van der Waals surface area contributed by atoms with Gasteiger partial charge in [0.2, 0.25) is 0 Å². The van der Waals surface area contributed by atoms with Crippen molar-refractivity contribution in [3.05, 3.63) is 89.5 Å². The molecule has 0 fully saturated rings.